The summed E-state index contributed by atoms with van der Waals surface area (Å²) in [6, 6.07) is 0. The second-order valence-electron chi connectivity index (χ2n) is 6.78. The molecule has 24 heavy (non-hydrogen) atoms. The van der Waals surface area contributed by atoms with E-state index in [9.17, 15) is 9.59 Å². The summed E-state index contributed by atoms with van der Waals surface area (Å²) in [5.74, 6) is -0.511. The van der Waals surface area contributed by atoms with Crippen LogP contribution in [-0.2, 0) is 9.53 Å². The van der Waals surface area contributed by atoms with Crippen LogP contribution in [0.15, 0.2) is 4.63 Å². The van der Waals surface area contributed by atoms with Gasteiger partial charge in [0.15, 0.2) is 5.69 Å². The molecule has 8 heteroatoms. The van der Waals surface area contributed by atoms with Gasteiger partial charge in [-0.3, -0.25) is 9.59 Å². The fraction of sp³-hybridized carbons (Fsp3) is 0.750. The van der Waals surface area contributed by atoms with E-state index in [-0.39, 0.29) is 29.7 Å². The predicted molar refractivity (Wildman–Crippen MR) is 84.3 cm³/mol. The first-order chi connectivity index (χ1) is 11.6. The number of hydrogen-bond acceptors (Lipinski definition) is 6. The maximum absolute atomic E-state index is 12.5. The number of methoxy groups -OCH3 is 1. The highest BCUT2D eigenvalue weighted by Crippen LogP contribution is 2.46. The van der Waals surface area contributed by atoms with E-state index in [2.05, 4.69) is 20.3 Å². The lowest BCUT2D eigenvalue weighted by Gasteiger charge is -2.43. The fourth-order valence-electron chi connectivity index (χ4n) is 4.10. The van der Waals surface area contributed by atoms with Gasteiger partial charge in [-0.25, -0.2) is 4.63 Å². The maximum atomic E-state index is 12.5. The SMILES string of the molecule is CO[C@@H]1CCC[C@@]12CCCN(C(=O)CNC(=O)c1nonc1C)C2. The van der Waals surface area contributed by atoms with Crippen molar-refractivity contribution in [1.82, 2.24) is 20.5 Å². The van der Waals surface area contributed by atoms with Crippen molar-refractivity contribution >= 4 is 11.8 Å². The Morgan fingerprint density at radius 3 is 2.88 bits per heavy atom. The summed E-state index contributed by atoms with van der Waals surface area (Å²) in [6.07, 6.45) is 5.62. The highest BCUT2D eigenvalue weighted by molar-refractivity contribution is 5.95. The van der Waals surface area contributed by atoms with Crippen LogP contribution in [-0.4, -0.2) is 59.9 Å². The van der Waals surface area contributed by atoms with Crippen LogP contribution < -0.4 is 5.32 Å². The number of hydrogen-bond donors (Lipinski definition) is 1. The third kappa shape index (κ3) is 3.15. The molecular formula is C16H24N4O4. The van der Waals surface area contributed by atoms with Crippen molar-refractivity contribution in [2.24, 2.45) is 5.41 Å². The van der Waals surface area contributed by atoms with Crippen molar-refractivity contribution < 1.29 is 19.0 Å². The van der Waals surface area contributed by atoms with Gasteiger partial charge >= 0.3 is 0 Å². The Balaban J connectivity index is 1.57. The minimum atomic E-state index is -0.440. The monoisotopic (exact) mass is 336 g/mol. The predicted octanol–water partition coefficient (Wildman–Crippen LogP) is 0.916. The number of carbonyl (C=O) groups excluding carboxylic acids is 2. The number of carbonyl (C=O) groups is 2. The highest BCUT2D eigenvalue weighted by Gasteiger charge is 2.46. The molecule has 1 saturated heterocycles. The first-order valence-corrected chi connectivity index (χ1v) is 8.44. The van der Waals surface area contributed by atoms with Crippen molar-refractivity contribution in [2.45, 2.75) is 45.1 Å². The first kappa shape index (κ1) is 16.9. The quantitative estimate of drug-likeness (QED) is 0.878. The molecule has 1 N–H and O–H groups in total. The van der Waals surface area contributed by atoms with Crippen LogP contribution in [0.5, 0.6) is 0 Å². The van der Waals surface area contributed by atoms with Crippen LogP contribution in [0.1, 0.15) is 48.3 Å². The number of aryl methyl sites for hydroxylation is 1. The smallest absolute Gasteiger partial charge is 0.275 e. The van der Waals surface area contributed by atoms with Crippen molar-refractivity contribution in [2.75, 3.05) is 26.7 Å². The molecule has 1 aromatic heterocycles. The number of aromatic nitrogens is 2. The molecule has 0 radical (unpaired) electrons. The van der Waals surface area contributed by atoms with E-state index < -0.39 is 5.91 Å². The molecule has 8 nitrogen and oxygen atoms in total. The normalized spacial score (nSPS) is 26.8. The van der Waals surface area contributed by atoms with E-state index >= 15 is 0 Å². The van der Waals surface area contributed by atoms with Gasteiger partial charge in [-0.15, -0.1) is 0 Å². The van der Waals surface area contributed by atoms with Gasteiger partial charge in [0, 0.05) is 25.6 Å². The van der Waals surface area contributed by atoms with Gasteiger partial charge < -0.3 is 15.0 Å². The largest absolute Gasteiger partial charge is 0.381 e. The maximum Gasteiger partial charge on any atom is 0.275 e. The third-order valence-electron chi connectivity index (χ3n) is 5.34. The van der Waals surface area contributed by atoms with Gasteiger partial charge in [-0.05, 0) is 37.8 Å². The van der Waals surface area contributed by atoms with Crippen molar-refractivity contribution in [1.29, 1.82) is 0 Å². The zero-order valence-corrected chi connectivity index (χ0v) is 14.2. The Bertz CT molecular complexity index is 617. The van der Waals surface area contributed by atoms with Gasteiger partial charge in [-0.1, -0.05) is 11.6 Å². The molecule has 1 aliphatic heterocycles. The number of amides is 2. The van der Waals surface area contributed by atoms with Crippen molar-refractivity contribution in [3.63, 3.8) is 0 Å². The number of ether oxygens (including phenoxy) is 1. The summed E-state index contributed by atoms with van der Waals surface area (Å²) in [4.78, 5) is 26.4. The van der Waals surface area contributed by atoms with Crippen LogP contribution in [0.25, 0.3) is 0 Å². The van der Waals surface area contributed by atoms with Crippen LogP contribution in [0.3, 0.4) is 0 Å². The Kier molecular flexibility index (Phi) is 4.84. The van der Waals surface area contributed by atoms with Crippen LogP contribution in [0, 0.1) is 12.3 Å². The minimum Gasteiger partial charge on any atom is -0.381 e. The molecule has 1 spiro atoms. The molecule has 0 bridgehead atoms. The van der Waals surface area contributed by atoms with Crippen LogP contribution in [0.4, 0.5) is 0 Å². The van der Waals surface area contributed by atoms with E-state index in [1.165, 1.54) is 0 Å². The lowest BCUT2D eigenvalue weighted by molar-refractivity contribution is -0.136. The molecule has 1 saturated carbocycles. The average molecular weight is 336 g/mol. The molecule has 2 atom stereocenters. The molecule has 2 fully saturated rings. The molecule has 132 valence electrons. The van der Waals surface area contributed by atoms with Gasteiger partial charge in [0.2, 0.25) is 5.91 Å². The third-order valence-corrected chi connectivity index (χ3v) is 5.34. The summed E-state index contributed by atoms with van der Waals surface area (Å²) in [5, 5.41) is 9.71. The van der Waals surface area contributed by atoms with Crippen LogP contribution in [0.2, 0.25) is 0 Å². The second-order valence-corrected chi connectivity index (χ2v) is 6.78. The first-order valence-electron chi connectivity index (χ1n) is 8.44. The summed E-state index contributed by atoms with van der Waals surface area (Å²) in [5.41, 5.74) is 0.609. The molecule has 2 amide bonds. The molecule has 0 unspecified atom stereocenters. The molecule has 2 aliphatic rings. The molecule has 1 aromatic rings. The summed E-state index contributed by atoms with van der Waals surface area (Å²) >= 11 is 0. The Hall–Kier alpha value is -1.96. The zero-order valence-electron chi connectivity index (χ0n) is 14.2. The van der Waals surface area contributed by atoms with Gasteiger partial charge in [0.1, 0.15) is 5.69 Å². The lowest BCUT2D eigenvalue weighted by Crippen LogP contribution is -2.52. The van der Waals surface area contributed by atoms with E-state index in [0.717, 1.165) is 38.6 Å². The summed E-state index contributed by atoms with van der Waals surface area (Å²) in [7, 11) is 1.76. The number of nitrogens with one attached hydrogen (secondary N) is 1. The Morgan fingerprint density at radius 2 is 2.17 bits per heavy atom. The van der Waals surface area contributed by atoms with Crippen LogP contribution >= 0.6 is 0 Å². The average Bonchev–Trinajstić information content (AvgIpc) is 3.18. The summed E-state index contributed by atoms with van der Waals surface area (Å²) in [6.45, 7) is 3.04. The zero-order chi connectivity index (χ0) is 17.2. The molecule has 0 aromatic carbocycles. The van der Waals surface area contributed by atoms with E-state index in [0.29, 0.717) is 12.2 Å². The molecule has 3 rings (SSSR count). The Labute approximate surface area is 140 Å². The lowest BCUT2D eigenvalue weighted by atomic mass is 9.76. The Morgan fingerprint density at radius 1 is 1.38 bits per heavy atom. The topological polar surface area (TPSA) is 97.6 Å². The highest BCUT2D eigenvalue weighted by atomic mass is 16.6. The number of nitrogens with zero attached hydrogens (tertiary/aromatic N) is 3. The molecule has 2 heterocycles. The van der Waals surface area contributed by atoms with Gasteiger partial charge in [0.05, 0.1) is 12.6 Å². The van der Waals surface area contributed by atoms with Crippen molar-refractivity contribution in [3.8, 4) is 0 Å². The molecular weight excluding hydrogens is 312 g/mol. The number of rotatable bonds is 4. The van der Waals surface area contributed by atoms with E-state index in [1.807, 2.05) is 4.90 Å². The van der Waals surface area contributed by atoms with Crippen molar-refractivity contribution in [3.05, 3.63) is 11.4 Å². The van der Waals surface area contributed by atoms with E-state index in [4.69, 9.17) is 4.74 Å². The number of likely N-dealkylation sites (tertiary alicyclic amines) is 1. The summed E-state index contributed by atoms with van der Waals surface area (Å²) < 4.78 is 10.2. The number of piperidine rings is 1. The van der Waals surface area contributed by atoms with Gasteiger partial charge in [0.25, 0.3) is 5.91 Å². The van der Waals surface area contributed by atoms with Gasteiger partial charge in [-0.2, -0.15) is 0 Å². The van der Waals surface area contributed by atoms with E-state index in [1.54, 1.807) is 14.0 Å². The fourth-order valence-corrected chi connectivity index (χ4v) is 4.10. The second kappa shape index (κ2) is 6.88. The minimum absolute atomic E-state index is 0.0428. The molecule has 1 aliphatic carbocycles. The standard InChI is InChI=1S/C16H24N4O4/c1-11-14(19-24-18-11)15(22)17-9-13(21)20-8-4-7-16(10-20)6-3-5-12(16)23-2/h12H,3-10H2,1-2H3,(H,17,22)/t12-,16+/m1/s1.